The van der Waals surface area contributed by atoms with Crippen molar-refractivity contribution in [1.82, 2.24) is 25.0 Å². The first-order valence-corrected chi connectivity index (χ1v) is 12.7. The standard InChI is InChI=1S/C26H31ClFN7O3/c1-34-9-11-35(12-10-34)8-6-25(36)31-24-16-19(5-7-29-24)30-23-17-22(20-15-18(27)3-4-21(20)28)32-33-26(23)38-14-13-37-2/h3-5,7,15-17H,6,8-14H2,1-2H3,(H2,29,30,31,32,36). The lowest BCUT2D eigenvalue weighted by molar-refractivity contribution is -0.116. The quantitative estimate of drug-likeness (QED) is 0.350. The van der Waals surface area contributed by atoms with Crippen LogP contribution in [0.3, 0.4) is 0 Å². The lowest BCUT2D eigenvalue weighted by atomic mass is 10.1. The van der Waals surface area contributed by atoms with Crippen LogP contribution in [0.1, 0.15) is 6.42 Å². The molecule has 1 amide bonds. The molecule has 38 heavy (non-hydrogen) atoms. The third-order valence-corrected chi connectivity index (χ3v) is 6.28. The van der Waals surface area contributed by atoms with E-state index in [1.807, 2.05) is 0 Å². The first kappa shape index (κ1) is 27.6. The number of nitrogens with one attached hydrogen (secondary N) is 2. The zero-order chi connectivity index (χ0) is 26.9. The molecule has 0 radical (unpaired) electrons. The van der Waals surface area contributed by atoms with Gasteiger partial charge in [-0.1, -0.05) is 11.6 Å². The van der Waals surface area contributed by atoms with Crippen molar-refractivity contribution in [1.29, 1.82) is 0 Å². The van der Waals surface area contributed by atoms with Crippen LogP contribution < -0.4 is 15.4 Å². The van der Waals surface area contributed by atoms with Crippen molar-refractivity contribution in [3.05, 3.63) is 53.4 Å². The van der Waals surface area contributed by atoms with E-state index >= 15 is 0 Å². The summed E-state index contributed by atoms with van der Waals surface area (Å²) in [5, 5.41) is 14.7. The molecule has 1 fully saturated rings. The molecule has 1 saturated heterocycles. The number of hydrogen-bond acceptors (Lipinski definition) is 9. The average molecular weight is 544 g/mol. The number of aromatic nitrogens is 3. The Morgan fingerprint density at radius 1 is 1.11 bits per heavy atom. The normalized spacial score (nSPS) is 14.3. The van der Waals surface area contributed by atoms with Gasteiger partial charge in [-0.2, -0.15) is 0 Å². The molecule has 4 rings (SSSR count). The predicted octanol–water partition coefficient (Wildman–Crippen LogP) is 3.68. The van der Waals surface area contributed by atoms with Crippen LogP contribution in [0.5, 0.6) is 5.88 Å². The second-order valence-corrected chi connectivity index (χ2v) is 9.35. The number of methoxy groups -OCH3 is 1. The Kier molecular flexibility index (Phi) is 9.77. The van der Waals surface area contributed by atoms with Crippen LogP contribution in [0.4, 0.5) is 21.6 Å². The number of anilines is 3. The fourth-order valence-electron chi connectivity index (χ4n) is 3.89. The fourth-order valence-corrected chi connectivity index (χ4v) is 4.06. The molecule has 2 N–H and O–H groups in total. The Labute approximate surface area is 226 Å². The fraction of sp³-hybridized carbons (Fsp3) is 0.385. The van der Waals surface area contributed by atoms with Gasteiger partial charge in [0.15, 0.2) is 0 Å². The molecule has 0 atom stereocenters. The highest BCUT2D eigenvalue weighted by Crippen LogP contribution is 2.32. The molecule has 1 aliphatic heterocycles. The highest BCUT2D eigenvalue weighted by atomic mass is 35.5. The number of ether oxygens (including phenoxy) is 2. The van der Waals surface area contributed by atoms with Crippen LogP contribution in [0, 0.1) is 5.82 Å². The topological polar surface area (TPSA) is 105 Å². The van der Waals surface area contributed by atoms with E-state index < -0.39 is 5.82 Å². The number of piperazine rings is 1. The largest absolute Gasteiger partial charge is 0.473 e. The summed E-state index contributed by atoms with van der Waals surface area (Å²) in [7, 11) is 3.67. The Hall–Kier alpha value is -3.38. The van der Waals surface area contributed by atoms with Gasteiger partial charge in [0, 0.05) is 74.8 Å². The van der Waals surface area contributed by atoms with Crippen molar-refractivity contribution < 1.29 is 18.7 Å². The monoisotopic (exact) mass is 543 g/mol. The van der Waals surface area contributed by atoms with Gasteiger partial charge in [0.25, 0.3) is 5.88 Å². The maximum atomic E-state index is 14.5. The van der Waals surface area contributed by atoms with Crippen molar-refractivity contribution in [2.75, 3.05) is 70.7 Å². The molecule has 10 nitrogen and oxygen atoms in total. The molecule has 1 aromatic carbocycles. The molecule has 202 valence electrons. The second kappa shape index (κ2) is 13.4. The minimum Gasteiger partial charge on any atom is -0.473 e. The van der Waals surface area contributed by atoms with Gasteiger partial charge in [0.1, 0.15) is 23.9 Å². The molecule has 2 aromatic heterocycles. The number of rotatable bonds is 11. The summed E-state index contributed by atoms with van der Waals surface area (Å²) in [5.74, 6) is 0.0285. The Balaban J connectivity index is 1.47. The maximum Gasteiger partial charge on any atom is 0.257 e. The van der Waals surface area contributed by atoms with Crippen LogP contribution in [-0.4, -0.2) is 91.0 Å². The Morgan fingerprint density at radius 3 is 2.71 bits per heavy atom. The van der Waals surface area contributed by atoms with Crippen LogP contribution in [0.25, 0.3) is 11.3 Å². The molecule has 12 heteroatoms. The number of pyridine rings is 1. The zero-order valence-electron chi connectivity index (χ0n) is 21.4. The average Bonchev–Trinajstić information content (AvgIpc) is 2.91. The molecular formula is C26H31ClFN7O3. The first-order chi connectivity index (χ1) is 18.4. The minimum absolute atomic E-state index is 0.110. The van der Waals surface area contributed by atoms with Crippen LogP contribution in [0.2, 0.25) is 5.02 Å². The first-order valence-electron chi connectivity index (χ1n) is 12.3. The lowest BCUT2D eigenvalue weighted by Gasteiger charge is -2.32. The minimum atomic E-state index is -0.479. The summed E-state index contributed by atoms with van der Waals surface area (Å²) in [6, 6.07) is 9.28. The molecule has 0 spiro atoms. The summed E-state index contributed by atoms with van der Waals surface area (Å²) < 4.78 is 25.2. The van der Waals surface area contributed by atoms with Crippen molar-refractivity contribution in [2.24, 2.45) is 0 Å². The molecule has 0 bridgehead atoms. The van der Waals surface area contributed by atoms with E-state index in [1.165, 1.54) is 18.2 Å². The van der Waals surface area contributed by atoms with Gasteiger partial charge < -0.3 is 29.9 Å². The van der Waals surface area contributed by atoms with E-state index in [4.69, 9.17) is 21.1 Å². The van der Waals surface area contributed by atoms with E-state index in [2.05, 4.69) is 42.7 Å². The molecule has 1 aliphatic rings. The van der Waals surface area contributed by atoms with Crippen molar-refractivity contribution in [2.45, 2.75) is 6.42 Å². The van der Waals surface area contributed by atoms with E-state index in [9.17, 15) is 9.18 Å². The van der Waals surface area contributed by atoms with Gasteiger partial charge in [-0.3, -0.25) is 4.79 Å². The maximum absolute atomic E-state index is 14.5. The number of benzene rings is 1. The number of carbonyl (C=O) groups excluding carboxylic acids is 1. The van der Waals surface area contributed by atoms with Gasteiger partial charge in [0.05, 0.1) is 12.3 Å². The zero-order valence-corrected chi connectivity index (χ0v) is 22.2. The highest BCUT2D eigenvalue weighted by molar-refractivity contribution is 6.30. The summed E-state index contributed by atoms with van der Waals surface area (Å²) in [6.45, 7) is 5.22. The van der Waals surface area contributed by atoms with Crippen LogP contribution in [-0.2, 0) is 9.53 Å². The van der Waals surface area contributed by atoms with E-state index in [0.717, 1.165) is 26.2 Å². The van der Waals surface area contributed by atoms with Gasteiger partial charge >= 0.3 is 0 Å². The number of hydrogen-bond donors (Lipinski definition) is 2. The molecule has 0 saturated carbocycles. The summed E-state index contributed by atoms with van der Waals surface area (Å²) in [5.41, 5.74) is 1.55. The van der Waals surface area contributed by atoms with Crippen LogP contribution in [0.15, 0.2) is 42.6 Å². The highest BCUT2D eigenvalue weighted by Gasteiger charge is 2.16. The summed E-state index contributed by atoms with van der Waals surface area (Å²) >= 11 is 6.07. The second-order valence-electron chi connectivity index (χ2n) is 8.91. The third kappa shape index (κ3) is 7.81. The van der Waals surface area contributed by atoms with E-state index in [1.54, 1.807) is 31.5 Å². The molecular weight excluding hydrogens is 513 g/mol. The SMILES string of the molecule is COCCOc1nnc(-c2cc(Cl)ccc2F)cc1Nc1ccnc(NC(=O)CCN2CCN(C)CC2)c1. The predicted molar refractivity (Wildman–Crippen MR) is 145 cm³/mol. The summed E-state index contributed by atoms with van der Waals surface area (Å²) in [6.07, 6.45) is 1.96. The molecule has 3 aromatic rings. The lowest BCUT2D eigenvalue weighted by Crippen LogP contribution is -2.45. The summed E-state index contributed by atoms with van der Waals surface area (Å²) in [4.78, 5) is 21.4. The smallest absolute Gasteiger partial charge is 0.257 e. The van der Waals surface area contributed by atoms with Gasteiger partial charge in [-0.15, -0.1) is 10.2 Å². The van der Waals surface area contributed by atoms with Crippen molar-refractivity contribution in [3.63, 3.8) is 0 Å². The van der Waals surface area contributed by atoms with Gasteiger partial charge in [0.2, 0.25) is 5.91 Å². The number of nitrogens with zero attached hydrogens (tertiary/aromatic N) is 5. The van der Waals surface area contributed by atoms with Gasteiger partial charge in [-0.25, -0.2) is 9.37 Å². The Bertz CT molecular complexity index is 1240. The van der Waals surface area contributed by atoms with Gasteiger partial charge in [-0.05, 0) is 37.4 Å². The number of halogens is 2. The van der Waals surface area contributed by atoms with E-state index in [0.29, 0.717) is 41.8 Å². The molecule has 0 unspecified atom stereocenters. The Morgan fingerprint density at radius 2 is 1.92 bits per heavy atom. The molecule has 0 aliphatic carbocycles. The van der Waals surface area contributed by atoms with E-state index in [-0.39, 0.29) is 29.7 Å². The molecule has 3 heterocycles. The van der Waals surface area contributed by atoms with Crippen LogP contribution >= 0.6 is 11.6 Å². The van der Waals surface area contributed by atoms with Crippen molar-refractivity contribution >= 4 is 34.7 Å². The third-order valence-electron chi connectivity index (χ3n) is 6.05. The van der Waals surface area contributed by atoms with Crippen molar-refractivity contribution in [3.8, 4) is 17.1 Å². The number of amides is 1. The number of likely N-dealkylation sites (N-methyl/N-ethyl adjacent to an activating group) is 1. The number of carbonyl (C=O) groups is 1.